The fourth-order valence-electron chi connectivity index (χ4n) is 2.20. The number of rotatable bonds is 13. The van der Waals surface area contributed by atoms with Crippen molar-refractivity contribution in [3.8, 4) is 0 Å². The van der Waals surface area contributed by atoms with Crippen molar-refractivity contribution in [3.63, 3.8) is 0 Å². The van der Waals surface area contributed by atoms with Crippen LogP contribution in [0.1, 0.15) is 84.5 Å². The molecule has 0 aromatic carbocycles. The van der Waals surface area contributed by atoms with Crippen molar-refractivity contribution in [1.29, 1.82) is 0 Å². The number of hydrogen-bond acceptors (Lipinski definition) is 1. The summed E-state index contributed by atoms with van der Waals surface area (Å²) in [7, 11) is 0. The van der Waals surface area contributed by atoms with Gasteiger partial charge < -0.3 is 5.11 Å². The van der Waals surface area contributed by atoms with Crippen LogP contribution in [0.25, 0.3) is 0 Å². The molecule has 0 amide bonds. The fourth-order valence-corrected chi connectivity index (χ4v) is 2.20. The summed E-state index contributed by atoms with van der Waals surface area (Å²) in [6.45, 7) is 4.62. The zero-order valence-corrected chi connectivity index (χ0v) is 12.9. The second kappa shape index (κ2) is 13.6. The zero-order chi connectivity index (χ0) is 14.3. The first kappa shape index (κ1) is 18.2. The van der Waals surface area contributed by atoms with Gasteiger partial charge in [0.15, 0.2) is 0 Å². The molecule has 0 aliphatic rings. The molecule has 0 heterocycles. The largest absolute Gasteiger partial charge is 0.478 e. The van der Waals surface area contributed by atoms with Crippen LogP contribution in [0.4, 0.5) is 0 Å². The molecule has 0 aliphatic heterocycles. The molecule has 0 aromatic rings. The molecule has 2 nitrogen and oxygen atoms in total. The Hall–Kier alpha value is -0.790. The van der Waals surface area contributed by atoms with Crippen LogP contribution >= 0.6 is 0 Å². The summed E-state index contributed by atoms with van der Waals surface area (Å²) in [6, 6.07) is 0. The first-order valence-corrected chi connectivity index (χ1v) is 8.06. The third-order valence-electron chi connectivity index (χ3n) is 3.78. The molecule has 112 valence electrons. The van der Waals surface area contributed by atoms with Crippen LogP contribution in [0.2, 0.25) is 0 Å². The Kier molecular flexibility index (Phi) is 13.1. The van der Waals surface area contributed by atoms with E-state index in [0.29, 0.717) is 0 Å². The molecule has 0 aliphatic carbocycles. The van der Waals surface area contributed by atoms with Crippen LogP contribution in [0.15, 0.2) is 12.2 Å². The van der Waals surface area contributed by atoms with E-state index in [-0.39, 0.29) is 0 Å². The van der Waals surface area contributed by atoms with E-state index < -0.39 is 5.97 Å². The van der Waals surface area contributed by atoms with Crippen molar-refractivity contribution >= 4 is 5.97 Å². The van der Waals surface area contributed by atoms with Gasteiger partial charge in [-0.1, -0.05) is 77.7 Å². The third kappa shape index (κ3) is 15.2. The Balaban J connectivity index is 3.09. The summed E-state index contributed by atoms with van der Waals surface area (Å²) in [4.78, 5) is 10.2. The lowest BCUT2D eigenvalue weighted by molar-refractivity contribution is -0.131. The topological polar surface area (TPSA) is 37.3 Å². The van der Waals surface area contributed by atoms with Gasteiger partial charge in [-0.3, -0.25) is 0 Å². The highest BCUT2D eigenvalue weighted by molar-refractivity contribution is 5.79. The van der Waals surface area contributed by atoms with E-state index >= 15 is 0 Å². The van der Waals surface area contributed by atoms with Crippen molar-refractivity contribution in [2.75, 3.05) is 0 Å². The smallest absolute Gasteiger partial charge is 0.327 e. The molecule has 1 N–H and O–H groups in total. The molecule has 0 bridgehead atoms. The van der Waals surface area contributed by atoms with Crippen molar-refractivity contribution in [2.24, 2.45) is 5.92 Å². The second-order valence-electron chi connectivity index (χ2n) is 5.66. The summed E-state index contributed by atoms with van der Waals surface area (Å²) in [5.41, 5.74) is 0. The monoisotopic (exact) mass is 268 g/mol. The van der Waals surface area contributed by atoms with Crippen LogP contribution in [0.3, 0.4) is 0 Å². The van der Waals surface area contributed by atoms with Gasteiger partial charge in [0.1, 0.15) is 0 Å². The van der Waals surface area contributed by atoms with Crippen LogP contribution in [0.5, 0.6) is 0 Å². The van der Waals surface area contributed by atoms with E-state index in [4.69, 9.17) is 5.11 Å². The van der Waals surface area contributed by atoms with Crippen LogP contribution in [0, 0.1) is 5.92 Å². The molecule has 2 heteroatoms. The van der Waals surface area contributed by atoms with Gasteiger partial charge in [0.05, 0.1) is 0 Å². The number of unbranched alkanes of at least 4 members (excludes halogenated alkanes) is 8. The Morgan fingerprint density at radius 2 is 1.53 bits per heavy atom. The number of carboxylic acids is 1. The summed E-state index contributed by atoms with van der Waals surface area (Å²) >= 11 is 0. The lowest BCUT2D eigenvalue weighted by Gasteiger charge is -2.07. The van der Waals surface area contributed by atoms with Gasteiger partial charge in [-0.25, -0.2) is 4.79 Å². The van der Waals surface area contributed by atoms with E-state index in [1.165, 1.54) is 63.9 Å². The van der Waals surface area contributed by atoms with E-state index in [1.807, 2.05) is 0 Å². The summed E-state index contributed by atoms with van der Waals surface area (Å²) in [6.07, 6.45) is 17.2. The Morgan fingerprint density at radius 3 is 2.05 bits per heavy atom. The average molecular weight is 268 g/mol. The quantitative estimate of drug-likeness (QED) is 0.350. The van der Waals surface area contributed by atoms with Gasteiger partial charge >= 0.3 is 5.97 Å². The molecule has 1 unspecified atom stereocenters. The molecule has 0 spiro atoms. The predicted octanol–water partition coefficient (Wildman–Crippen LogP) is 5.57. The number of carboxylic acid groups (broad SMARTS) is 1. The molecular formula is C17H32O2. The van der Waals surface area contributed by atoms with Crippen LogP contribution in [-0.2, 0) is 4.79 Å². The Labute approximate surface area is 119 Å². The van der Waals surface area contributed by atoms with Gasteiger partial charge in [-0.2, -0.15) is 0 Å². The fraction of sp³-hybridized carbons (Fsp3) is 0.824. The molecule has 1 atom stereocenters. The van der Waals surface area contributed by atoms with E-state index in [9.17, 15) is 4.79 Å². The van der Waals surface area contributed by atoms with Gasteiger partial charge in [0, 0.05) is 6.08 Å². The van der Waals surface area contributed by atoms with Crippen molar-refractivity contribution < 1.29 is 9.90 Å². The maximum atomic E-state index is 10.2. The predicted molar refractivity (Wildman–Crippen MR) is 82.4 cm³/mol. The Morgan fingerprint density at radius 1 is 1.00 bits per heavy atom. The third-order valence-corrected chi connectivity index (χ3v) is 3.78. The lowest BCUT2D eigenvalue weighted by atomic mass is 9.99. The minimum absolute atomic E-state index is 0.836. The van der Waals surface area contributed by atoms with Crippen LogP contribution in [-0.4, -0.2) is 11.1 Å². The lowest BCUT2D eigenvalue weighted by Crippen LogP contribution is -1.91. The molecule has 0 saturated carbocycles. The van der Waals surface area contributed by atoms with Crippen molar-refractivity contribution in [1.82, 2.24) is 0 Å². The maximum Gasteiger partial charge on any atom is 0.327 e. The van der Waals surface area contributed by atoms with E-state index in [1.54, 1.807) is 6.08 Å². The summed E-state index contributed by atoms with van der Waals surface area (Å²) in [5.74, 6) is 0.0660. The normalized spacial score (nSPS) is 12.9. The SMILES string of the molecule is CCC(C)CCCCCCCCCC/C=C\C(=O)O. The number of allylic oxidation sites excluding steroid dienone is 1. The number of carbonyl (C=O) groups is 1. The van der Waals surface area contributed by atoms with E-state index in [0.717, 1.165) is 18.8 Å². The van der Waals surface area contributed by atoms with Gasteiger partial charge in [0.25, 0.3) is 0 Å². The molecule has 0 rings (SSSR count). The van der Waals surface area contributed by atoms with E-state index in [2.05, 4.69) is 13.8 Å². The Bertz CT molecular complexity index is 233. The average Bonchev–Trinajstić information content (AvgIpc) is 2.39. The number of aliphatic carboxylic acids is 1. The minimum Gasteiger partial charge on any atom is -0.478 e. The molecule has 19 heavy (non-hydrogen) atoms. The van der Waals surface area contributed by atoms with Gasteiger partial charge in [-0.15, -0.1) is 0 Å². The highest BCUT2D eigenvalue weighted by Gasteiger charge is 1.98. The summed E-state index contributed by atoms with van der Waals surface area (Å²) in [5, 5.41) is 8.42. The molecule has 0 aromatic heterocycles. The maximum absolute atomic E-state index is 10.2. The highest BCUT2D eigenvalue weighted by Crippen LogP contribution is 2.15. The second-order valence-corrected chi connectivity index (χ2v) is 5.66. The minimum atomic E-state index is -0.836. The number of hydrogen-bond donors (Lipinski definition) is 1. The molecule has 0 radical (unpaired) electrons. The van der Waals surface area contributed by atoms with Gasteiger partial charge in [-0.05, 0) is 18.8 Å². The first-order valence-electron chi connectivity index (χ1n) is 8.06. The van der Waals surface area contributed by atoms with Crippen LogP contribution < -0.4 is 0 Å². The van der Waals surface area contributed by atoms with Gasteiger partial charge in [0.2, 0.25) is 0 Å². The van der Waals surface area contributed by atoms with Crippen molar-refractivity contribution in [3.05, 3.63) is 12.2 Å². The van der Waals surface area contributed by atoms with Crippen molar-refractivity contribution in [2.45, 2.75) is 84.5 Å². The highest BCUT2D eigenvalue weighted by atomic mass is 16.4. The molecule has 0 saturated heterocycles. The summed E-state index contributed by atoms with van der Waals surface area (Å²) < 4.78 is 0. The molecular weight excluding hydrogens is 236 g/mol. The standard InChI is InChI=1S/C17H32O2/c1-3-16(2)14-12-10-8-6-4-5-7-9-11-13-15-17(18)19/h13,15-16H,3-12,14H2,1-2H3,(H,18,19)/b15-13-. The molecule has 0 fully saturated rings. The zero-order valence-electron chi connectivity index (χ0n) is 12.9. The first-order chi connectivity index (χ1) is 9.16.